The maximum absolute atomic E-state index is 5.66. The third-order valence-electron chi connectivity index (χ3n) is 1.58. The summed E-state index contributed by atoms with van der Waals surface area (Å²) in [5, 5.41) is -0.135. The van der Waals surface area contributed by atoms with E-state index in [2.05, 4.69) is 0 Å². The molecule has 0 unspecified atom stereocenters. The molecule has 0 fully saturated rings. The van der Waals surface area contributed by atoms with E-state index in [9.17, 15) is 0 Å². The van der Waals surface area contributed by atoms with Gasteiger partial charge in [0.15, 0.2) is 0 Å². The number of nitrogens with two attached hydrogens (primary N) is 1. The normalized spacial score (nSPS) is 11.2. The van der Waals surface area contributed by atoms with Crippen LogP contribution in [0.15, 0.2) is 24.3 Å². The zero-order valence-corrected chi connectivity index (χ0v) is 8.50. The molecular weight excluding hydrogens is 159 g/mol. The van der Waals surface area contributed by atoms with Crippen molar-refractivity contribution >= 4 is 23.5 Å². The van der Waals surface area contributed by atoms with Gasteiger partial charge in [-0.2, -0.15) is 0 Å². The van der Waals surface area contributed by atoms with Crippen LogP contribution in [0.4, 0.5) is 0 Å². The molecule has 2 N–H and O–H groups in total. The van der Waals surface area contributed by atoms with Gasteiger partial charge in [-0.05, 0) is 17.7 Å². The Morgan fingerprint density at radius 1 is 1.15 bits per heavy atom. The minimum absolute atomic E-state index is 0.135. The van der Waals surface area contributed by atoms with Crippen LogP contribution in [0.3, 0.4) is 0 Å². The van der Waals surface area contributed by atoms with E-state index in [-0.39, 0.29) is 5.30 Å². The topological polar surface area (TPSA) is 35.2 Å². The monoisotopic (exact) mass is 173 g/mol. The molecule has 0 atom stereocenters. The van der Waals surface area contributed by atoms with Crippen LogP contribution in [0.25, 0.3) is 0 Å². The minimum atomic E-state index is -0.135. The van der Waals surface area contributed by atoms with Crippen LogP contribution < -0.4 is 10.5 Å². The highest BCUT2D eigenvalue weighted by Gasteiger charge is 2.11. The second-order valence-electron chi connectivity index (χ2n) is 4.06. The van der Waals surface area contributed by atoms with E-state index in [0.717, 1.165) is 11.3 Å². The Kier molecular flexibility index (Phi) is 3.09. The Labute approximate surface area is 82.1 Å². The summed E-state index contributed by atoms with van der Waals surface area (Å²) >= 11 is 0. The number of benzene rings is 1. The van der Waals surface area contributed by atoms with Crippen molar-refractivity contribution in [1.82, 2.24) is 0 Å². The first-order valence-electron chi connectivity index (χ1n) is 4.49. The van der Waals surface area contributed by atoms with Gasteiger partial charge in [-0.15, -0.1) is 0 Å². The second-order valence-corrected chi connectivity index (χ2v) is 4.06. The first-order chi connectivity index (χ1) is 6.01. The van der Waals surface area contributed by atoms with Crippen LogP contribution in [0, 0.1) is 0 Å². The molecule has 0 heterocycles. The maximum Gasteiger partial charge on any atom is 0.135 e. The van der Waals surface area contributed by atoms with Crippen molar-refractivity contribution in [2.45, 2.75) is 11.8 Å². The average molecular weight is 173 g/mol. The molecular formula is C8H14B3NO. The van der Waals surface area contributed by atoms with Crippen LogP contribution in [-0.4, -0.2) is 28.8 Å². The van der Waals surface area contributed by atoms with Gasteiger partial charge >= 0.3 is 0 Å². The highest BCUT2D eigenvalue weighted by Crippen LogP contribution is 2.14. The van der Waals surface area contributed by atoms with Gasteiger partial charge in [-0.1, -0.05) is 12.1 Å². The molecule has 0 amide bonds. The van der Waals surface area contributed by atoms with Crippen molar-refractivity contribution in [1.29, 1.82) is 0 Å². The third kappa shape index (κ3) is 3.60. The van der Waals surface area contributed by atoms with Crippen molar-refractivity contribution in [2.24, 2.45) is 5.73 Å². The first-order valence-corrected chi connectivity index (χ1v) is 4.49. The average Bonchev–Trinajstić information content (AvgIpc) is 2.03. The predicted octanol–water partition coefficient (Wildman–Crippen LogP) is -1.97. The van der Waals surface area contributed by atoms with Gasteiger partial charge in [0.05, 0.1) is 0 Å². The zero-order valence-electron chi connectivity index (χ0n) is 8.50. The van der Waals surface area contributed by atoms with Gasteiger partial charge in [0.1, 0.15) is 29.3 Å². The second kappa shape index (κ2) is 3.92. The molecule has 2 nitrogen and oxygen atoms in total. The predicted molar refractivity (Wildman–Crippen MR) is 63.3 cm³/mol. The van der Waals surface area contributed by atoms with E-state index in [1.807, 2.05) is 47.8 Å². The molecule has 0 spiro atoms. The summed E-state index contributed by atoms with van der Waals surface area (Å²) in [7, 11) is 6.09. The zero-order chi connectivity index (χ0) is 9.90. The van der Waals surface area contributed by atoms with Crippen molar-refractivity contribution in [3.63, 3.8) is 0 Å². The molecule has 0 aliphatic rings. The fourth-order valence-corrected chi connectivity index (χ4v) is 1.05. The molecule has 13 heavy (non-hydrogen) atoms. The molecule has 0 aliphatic heterocycles. The Hall–Kier alpha value is -0.825. The van der Waals surface area contributed by atoms with E-state index in [1.165, 1.54) is 0 Å². The Morgan fingerprint density at radius 2 is 1.69 bits per heavy atom. The summed E-state index contributed by atoms with van der Waals surface area (Å²) < 4.78 is 5.66. The highest BCUT2D eigenvalue weighted by molar-refractivity contribution is 6.58. The van der Waals surface area contributed by atoms with Gasteiger partial charge in [-0.3, -0.25) is 0 Å². The largest absolute Gasteiger partial charge is 0.514 e. The van der Waals surface area contributed by atoms with E-state index in [4.69, 9.17) is 10.5 Å². The molecule has 0 saturated heterocycles. The number of ether oxygens (including phenoxy) is 1. The standard InChI is InChI=1S/C8H14B3NO/c9-8(10,11)13-7-3-1-6(5-12)2-4-7/h1-4H,5,9-12H2. The van der Waals surface area contributed by atoms with Gasteiger partial charge in [0.2, 0.25) is 0 Å². The third-order valence-corrected chi connectivity index (χ3v) is 1.58. The van der Waals surface area contributed by atoms with E-state index in [0.29, 0.717) is 6.54 Å². The van der Waals surface area contributed by atoms with E-state index < -0.39 is 0 Å². The van der Waals surface area contributed by atoms with Gasteiger partial charge < -0.3 is 10.5 Å². The van der Waals surface area contributed by atoms with Crippen molar-refractivity contribution in [3.05, 3.63) is 29.8 Å². The maximum atomic E-state index is 5.66. The summed E-state index contributed by atoms with van der Waals surface area (Å²) in [6.07, 6.45) is 0. The number of hydrogen-bond acceptors (Lipinski definition) is 2. The fourth-order valence-electron chi connectivity index (χ4n) is 1.05. The molecule has 1 aromatic carbocycles. The van der Waals surface area contributed by atoms with Crippen molar-refractivity contribution in [3.8, 4) is 5.75 Å². The molecule has 1 aromatic rings. The van der Waals surface area contributed by atoms with E-state index in [1.54, 1.807) is 0 Å². The summed E-state index contributed by atoms with van der Waals surface area (Å²) in [5.41, 5.74) is 6.61. The van der Waals surface area contributed by atoms with E-state index >= 15 is 0 Å². The van der Waals surface area contributed by atoms with Crippen molar-refractivity contribution in [2.75, 3.05) is 0 Å². The molecule has 66 valence electrons. The van der Waals surface area contributed by atoms with Crippen LogP contribution in [0.2, 0.25) is 0 Å². The number of rotatable bonds is 3. The van der Waals surface area contributed by atoms with Crippen LogP contribution in [0.5, 0.6) is 5.75 Å². The summed E-state index contributed by atoms with van der Waals surface area (Å²) in [4.78, 5) is 0. The SMILES string of the molecule is BC(B)(B)Oc1ccc(CN)cc1. The smallest absolute Gasteiger partial charge is 0.135 e. The first kappa shape index (κ1) is 10.3. The Balaban J connectivity index is 2.70. The lowest BCUT2D eigenvalue weighted by molar-refractivity contribution is 0.318. The molecule has 0 radical (unpaired) electrons. The molecule has 0 bridgehead atoms. The number of hydrogen-bond donors (Lipinski definition) is 1. The highest BCUT2D eigenvalue weighted by atomic mass is 16.5. The van der Waals surface area contributed by atoms with Crippen molar-refractivity contribution < 1.29 is 4.74 Å². The Morgan fingerprint density at radius 3 is 2.08 bits per heavy atom. The fraction of sp³-hybridized carbons (Fsp3) is 0.250. The molecule has 1 rings (SSSR count). The lowest BCUT2D eigenvalue weighted by Crippen LogP contribution is -2.37. The summed E-state index contributed by atoms with van der Waals surface area (Å²) in [6, 6.07) is 7.88. The molecule has 0 saturated carbocycles. The van der Waals surface area contributed by atoms with Gasteiger partial charge in [0.25, 0.3) is 0 Å². The van der Waals surface area contributed by atoms with Crippen LogP contribution in [-0.2, 0) is 6.54 Å². The van der Waals surface area contributed by atoms with Crippen LogP contribution >= 0.6 is 0 Å². The summed E-state index contributed by atoms with van der Waals surface area (Å²) in [5.74, 6) is 0.893. The minimum Gasteiger partial charge on any atom is -0.514 e. The molecule has 0 aromatic heterocycles. The lowest BCUT2D eigenvalue weighted by Gasteiger charge is -2.21. The van der Waals surface area contributed by atoms with Crippen LogP contribution in [0.1, 0.15) is 5.56 Å². The lowest BCUT2D eigenvalue weighted by atomic mass is 9.52. The quantitative estimate of drug-likeness (QED) is 0.538. The molecule has 5 heteroatoms. The van der Waals surface area contributed by atoms with Gasteiger partial charge in [0, 0.05) is 11.8 Å². The van der Waals surface area contributed by atoms with Gasteiger partial charge in [-0.25, -0.2) is 0 Å². The molecule has 0 aliphatic carbocycles. The summed E-state index contributed by atoms with van der Waals surface area (Å²) in [6.45, 7) is 0.579. The Bertz CT molecular complexity index is 268.